The summed E-state index contributed by atoms with van der Waals surface area (Å²) < 4.78 is 0. The lowest BCUT2D eigenvalue weighted by atomic mass is 9.86. The molecule has 128 valence electrons. The van der Waals surface area contributed by atoms with Crippen molar-refractivity contribution in [2.75, 3.05) is 10.6 Å². The fraction of sp³-hybridized carbons (Fsp3) is 0.471. The van der Waals surface area contributed by atoms with Crippen molar-refractivity contribution in [1.82, 2.24) is 5.32 Å². The van der Waals surface area contributed by atoms with Gasteiger partial charge in [0.2, 0.25) is 5.91 Å². The summed E-state index contributed by atoms with van der Waals surface area (Å²) in [6.45, 7) is 0. The van der Waals surface area contributed by atoms with E-state index < -0.39 is 5.97 Å². The van der Waals surface area contributed by atoms with Gasteiger partial charge in [-0.2, -0.15) is 0 Å². The SMILES string of the molecule is O=C1CCc2ccc(NC(=O)NC3CCC(C(=O)O)CC3)cc2N1. The topological polar surface area (TPSA) is 108 Å². The summed E-state index contributed by atoms with van der Waals surface area (Å²) in [5, 5.41) is 17.4. The van der Waals surface area contributed by atoms with Crippen LogP contribution in [0.15, 0.2) is 18.2 Å². The number of amides is 3. The van der Waals surface area contributed by atoms with Crippen LogP contribution in [0.3, 0.4) is 0 Å². The Bertz CT molecular complexity index is 666. The maximum atomic E-state index is 12.1. The van der Waals surface area contributed by atoms with Crippen LogP contribution in [0.1, 0.15) is 37.7 Å². The Balaban J connectivity index is 1.53. The quantitative estimate of drug-likeness (QED) is 0.682. The second-order valence-corrected chi connectivity index (χ2v) is 6.41. The molecular weight excluding hydrogens is 310 g/mol. The number of benzene rings is 1. The Labute approximate surface area is 139 Å². The van der Waals surface area contributed by atoms with Gasteiger partial charge in [0.25, 0.3) is 0 Å². The summed E-state index contributed by atoms with van der Waals surface area (Å²) in [4.78, 5) is 34.5. The van der Waals surface area contributed by atoms with E-state index in [1.807, 2.05) is 12.1 Å². The van der Waals surface area contributed by atoms with Crippen LogP contribution in [-0.2, 0) is 16.0 Å². The number of hydrogen-bond donors (Lipinski definition) is 4. The second kappa shape index (κ2) is 6.90. The van der Waals surface area contributed by atoms with Crippen molar-refractivity contribution in [3.05, 3.63) is 23.8 Å². The highest BCUT2D eigenvalue weighted by molar-refractivity contribution is 5.96. The molecule has 1 heterocycles. The largest absolute Gasteiger partial charge is 0.481 e. The normalized spacial score (nSPS) is 22.9. The van der Waals surface area contributed by atoms with E-state index in [1.54, 1.807) is 6.07 Å². The van der Waals surface area contributed by atoms with Gasteiger partial charge in [0.1, 0.15) is 0 Å². The minimum atomic E-state index is -0.756. The van der Waals surface area contributed by atoms with Gasteiger partial charge < -0.3 is 21.1 Å². The van der Waals surface area contributed by atoms with E-state index in [0.29, 0.717) is 44.2 Å². The molecule has 1 aromatic rings. The zero-order valence-corrected chi connectivity index (χ0v) is 13.3. The van der Waals surface area contributed by atoms with Crippen molar-refractivity contribution in [3.63, 3.8) is 0 Å². The first-order chi connectivity index (χ1) is 11.5. The summed E-state index contributed by atoms with van der Waals surface area (Å²) in [6, 6.07) is 5.17. The molecule has 7 nitrogen and oxygen atoms in total. The van der Waals surface area contributed by atoms with Gasteiger partial charge in [-0.1, -0.05) is 6.07 Å². The molecule has 3 amide bonds. The van der Waals surface area contributed by atoms with Crippen LogP contribution >= 0.6 is 0 Å². The van der Waals surface area contributed by atoms with Crippen LogP contribution in [0.25, 0.3) is 0 Å². The Hall–Kier alpha value is -2.57. The van der Waals surface area contributed by atoms with Crippen LogP contribution in [-0.4, -0.2) is 29.1 Å². The third-order valence-corrected chi connectivity index (χ3v) is 4.67. The smallest absolute Gasteiger partial charge is 0.319 e. The fourth-order valence-electron chi connectivity index (χ4n) is 3.29. The average Bonchev–Trinajstić information content (AvgIpc) is 2.54. The van der Waals surface area contributed by atoms with E-state index in [9.17, 15) is 14.4 Å². The molecule has 0 aromatic heterocycles. The van der Waals surface area contributed by atoms with E-state index in [-0.39, 0.29) is 23.9 Å². The standard InChI is InChI=1S/C17H21N3O4/c21-15-8-4-10-1-7-13(9-14(10)20-15)19-17(24)18-12-5-2-11(3-6-12)16(22)23/h1,7,9,11-12H,2-6,8H2,(H,20,21)(H,22,23)(H2,18,19,24). The van der Waals surface area contributed by atoms with Crippen molar-refractivity contribution >= 4 is 29.3 Å². The molecule has 1 saturated carbocycles. The van der Waals surface area contributed by atoms with Crippen molar-refractivity contribution < 1.29 is 19.5 Å². The summed E-state index contributed by atoms with van der Waals surface area (Å²) in [5.74, 6) is -1.07. The van der Waals surface area contributed by atoms with Crippen LogP contribution in [0.2, 0.25) is 0 Å². The highest BCUT2D eigenvalue weighted by Crippen LogP contribution is 2.27. The predicted molar refractivity (Wildman–Crippen MR) is 88.9 cm³/mol. The molecule has 0 saturated heterocycles. The number of carbonyl (C=O) groups is 3. The number of anilines is 2. The summed E-state index contributed by atoms with van der Waals surface area (Å²) in [6.07, 6.45) is 3.71. The lowest BCUT2D eigenvalue weighted by Crippen LogP contribution is -2.41. The van der Waals surface area contributed by atoms with Gasteiger partial charge in [-0.3, -0.25) is 9.59 Å². The zero-order valence-electron chi connectivity index (χ0n) is 13.3. The number of hydrogen-bond acceptors (Lipinski definition) is 3. The summed E-state index contributed by atoms with van der Waals surface area (Å²) in [5.41, 5.74) is 2.42. The molecule has 0 spiro atoms. The molecule has 7 heteroatoms. The van der Waals surface area contributed by atoms with Gasteiger partial charge in [-0.25, -0.2) is 4.79 Å². The predicted octanol–water partition coefficient (Wildman–Crippen LogP) is 2.34. The van der Waals surface area contributed by atoms with Gasteiger partial charge in [0.05, 0.1) is 5.92 Å². The molecule has 1 fully saturated rings. The first-order valence-corrected chi connectivity index (χ1v) is 8.24. The van der Waals surface area contributed by atoms with Gasteiger partial charge >= 0.3 is 12.0 Å². The Kier molecular flexibility index (Phi) is 4.69. The molecular formula is C17H21N3O4. The molecule has 0 radical (unpaired) electrons. The fourth-order valence-corrected chi connectivity index (χ4v) is 3.29. The highest BCUT2D eigenvalue weighted by atomic mass is 16.4. The van der Waals surface area contributed by atoms with Crippen LogP contribution in [0, 0.1) is 5.92 Å². The molecule has 1 aromatic carbocycles. The minimum absolute atomic E-state index is 0.00192. The van der Waals surface area contributed by atoms with Gasteiger partial charge in [-0.05, 0) is 49.8 Å². The molecule has 1 aliphatic heterocycles. The van der Waals surface area contributed by atoms with Gasteiger partial charge in [0.15, 0.2) is 0 Å². The summed E-state index contributed by atoms with van der Waals surface area (Å²) in [7, 11) is 0. The number of nitrogens with one attached hydrogen (secondary N) is 3. The van der Waals surface area contributed by atoms with Crippen LogP contribution in [0.5, 0.6) is 0 Å². The number of fused-ring (bicyclic) bond motifs is 1. The lowest BCUT2D eigenvalue weighted by molar-refractivity contribution is -0.142. The van der Waals surface area contributed by atoms with Gasteiger partial charge in [0, 0.05) is 23.8 Å². The van der Waals surface area contributed by atoms with E-state index in [2.05, 4.69) is 16.0 Å². The maximum absolute atomic E-state index is 12.1. The van der Waals surface area contributed by atoms with Crippen molar-refractivity contribution in [1.29, 1.82) is 0 Å². The number of carbonyl (C=O) groups excluding carboxylic acids is 2. The van der Waals surface area contributed by atoms with Gasteiger partial charge in [-0.15, -0.1) is 0 Å². The molecule has 0 unspecified atom stereocenters. The molecule has 4 N–H and O–H groups in total. The van der Waals surface area contributed by atoms with E-state index in [4.69, 9.17) is 5.11 Å². The molecule has 2 aliphatic rings. The third-order valence-electron chi connectivity index (χ3n) is 4.67. The molecule has 24 heavy (non-hydrogen) atoms. The minimum Gasteiger partial charge on any atom is -0.481 e. The molecule has 0 atom stereocenters. The van der Waals surface area contributed by atoms with Crippen LogP contribution in [0.4, 0.5) is 16.2 Å². The van der Waals surface area contributed by atoms with Crippen LogP contribution < -0.4 is 16.0 Å². The first-order valence-electron chi connectivity index (χ1n) is 8.24. The maximum Gasteiger partial charge on any atom is 0.319 e. The number of aryl methyl sites for hydroxylation is 1. The number of carboxylic acid groups (broad SMARTS) is 1. The Morgan fingerprint density at radius 3 is 2.58 bits per heavy atom. The van der Waals surface area contributed by atoms with E-state index in [0.717, 1.165) is 11.3 Å². The number of rotatable bonds is 3. The van der Waals surface area contributed by atoms with E-state index >= 15 is 0 Å². The van der Waals surface area contributed by atoms with Crippen molar-refractivity contribution in [3.8, 4) is 0 Å². The lowest BCUT2D eigenvalue weighted by Gasteiger charge is -2.27. The third kappa shape index (κ3) is 3.84. The average molecular weight is 331 g/mol. The summed E-state index contributed by atoms with van der Waals surface area (Å²) >= 11 is 0. The zero-order chi connectivity index (χ0) is 17.1. The molecule has 1 aliphatic carbocycles. The second-order valence-electron chi connectivity index (χ2n) is 6.41. The molecule has 3 rings (SSSR count). The monoisotopic (exact) mass is 331 g/mol. The Morgan fingerprint density at radius 1 is 1.12 bits per heavy atom. The number of urea groups is 1. The first kappa shape index (κ1) is 16.3. The number of aliphatic carboxylic acids is 1. The van der Waals surface area contributed by atoms with E-state index in [1.165, 1.54) is 0 Å². The van der Waals surface area contributed by atoms with Crippen molar-refractivity contribution in [2.45, 2.75) is 44.6 Å². The highest BCUT2D eigenvalue weighted by Gasteiger charge is 2.26. The molecule has 0 bridgehead atoms. The number of carboxylic acids is 1. The Morgan fingerprint density at radius 2 is 1.88 bits per heavy atom. The van der Waals surface area contributed by atoms with Crippen molar-refractivity contribution in [2.24, 2.45) is 5.92 Å².